The molecule has 0 saturated heterocycles. The Kier molecular flexibility index (Phi) is 5.75. The van der Waals surface area contributed by atoms with E-state index in [2.05, 4.69) is 9.97 Å². The Bertz CT molecular complexity index is 1200. The number of carbonyl (C=O) groups is 1. The van der Waals surface area contributed by atoms with E-state index in [-0.39, 0.29) is 16.2 Å². The van der Waals surface area contributed by atoms with E-state index in [4.69, 9.17) is 11.6 Å². The number of carbonyl (C=O) groups excluding carboxylic acids is 1. The van der Waals surface area contributed by atoms with Gasteiger partial charge in [-0.15, -0.1) is 0 Å². The van der Waals surface area contributed by atoms with E-state index in [1.165, 1.54) is 19.1 Å². The molecule has 3 aromatic heterocycles. The maximum absolute atomic E-state index is 14.3. The Morgan fingerprint density at radius 2 is 2.00 bits per heavy atom. The summed E-state index contributed by atoms with van der Waals surface area (Å²) in [4.78, 5) is 32.7. The minimum Gasteiger partial charge on any atom is -0.340 e. The van der Waals surface area contributed by atoms with Crippen molar-refractivity contribution in [2.75, 3.05) is 0 Å². The zero-order valence-corrected chi connectivity index (χ0v) is 15.9. The molecule has 0 bridgehead atoms. The van der Waals surface area contributed by atoms with Crippen LogP contribution in [0, 0.1) is 11.6 Å². The summed E-state index contributed by atoms with van der Waals surface area (Å²) in [6.07, 6.45) is -3.73. The molecule has 0 saturated carbocycles. The number of rotatable bonds is 4. The normalized spacial score (nSPS) is 12.8. The third-order valence-electron chi connectivity index (χ3n) is 4.19. The molecule has 3 aromatic rings. The molecule has 0 unspecified atom stereocenters. The molecule has 30 heavy (non-hydrogen) atoms. The van der Waals surface area contributed by atoms with Crippen LogP contribution in [0.4, 0.5) is 22.0 Å². The molecule has 3 heterocycles. The lowest BCUT2D eigenvalue weighted by molar-refractivity contribution is -0.153. The smallest absolute Gasteiger partial charge is 0.340 e. The topological polar surface area (TPSA) is 76.9 Å². The van der Waals surface area contributed by atoms with Crippen LogP contribution in [0.15, 0.2) is 35.4 Å². The van der Waals surface area contributed by atoms with Gasteiger partial charge in [-0.3, -0.25) is 14.2 Å². The number of aromatic nitrogens is 3. The maximum Gasteiger partial charge on any atom is 0.408 e. The average Bonchev–Trinajstić information content (AvgIpc) is 2.66. The molecule has 0 spiro atoms. The lowest BCUT2D eigenvalue weighted by Gasteiger charge is -2.20. The second-order valence-corrected chi connectivity index (χ2v) is 6.57. The molecule has 1 amide bonds. The van der Waals surface area contributed by atoms with Crippen LogP contribution in [0.1, 0.15) is 23.7 Å². The van der Waals surface area contributed by atoms with Crippen LogP contribution in [0.2, 0.25) is 5.15 Å². The van der Waals surface area contributed by atoms with Crippen molar-refractivity contribution in [1.29, 1.82) is 0 Å². The van der Waals surface area contributed by atoms with Crippen LogP contribution in [-0.2, 0) is 0 Å². The summed E-state index contributed by atoms with van der Waals surface area (Å²) in [5, 5.41) is 1.44. The second-order valence-electron chi connectivity index (χ2n) is 6.18. The number of halogens is 6. The summed E-state index contributed by atoms with van der Waals surface area (Å²) in [5.41, 5.74) is -1.87. The molecule has 1 atom stereocenters. The van der Waals surface area contributed by atoms with Crippen LogP contribution in [0.3, 0.4) is 0 Å². The van der Waals surface area contributed by atoms with Gasteiger partial charge >= 0.3 is 6.18 Å². The minimum atomic E-state index is -4.74. The number of nitrogens with zero attached hydrogens (tertiary/aromatic N) is 3. The van der Waals surface area contributed by atoms with Gasteiger partial charge in [-0.2, -0.15) is 13.2 Å². The summed E-state index contributed by atoms with van der Waals surface area (Å²) in [7, 11) is 0. The highest BCUT2D eigenvalue weighted by atomic mass is 35.5. The first-order chi connectivity index (χ1) is 14.0. The van der Waals surface area contributed by atoms with E-state index in [1.54, 1.807) is 5.32 Å². The zero-order valence-electron chi connectivity index (χ0n) is 15.1. The molecule has 1 N–H and O–H groups in total. The van der Waals surface area contributed by atoms with Gasteiger partial charge in [0.15, 0.2) is 17.3 Å². The highest BCUT2D eigenvalue weighted by molar-refractivity contribution is 6.29. The van der Waals surface area contributed by atoms with Gasteiger partial charge in [0.25, 0.3) is 5.91 Å². The second kappa shape index (κ2) is 7.98. The standard InChI is InChI=1S/C18H12ClF5N4O2/c1-2-12(18(22,23)24)26-17(30)10-7-28(16-11(21)5-8(20)6-25-16)15-9(14(10)29)3-4-13(19)27-15/h3-7,12H,2H2,1H3,(H,26,30)/t12-/m1/s1. The molecule has 3 rings (SSSR count). The van der Waals surface area contributed by atoms with Crippen molar-refractivity contribution in [3.63, 3.8) is 0 Å². The van der Waals surface area contributed by atoms with Gasteiger partial charge in [0, 0.05) is 12.3 Å². The molecular formula is C18H12ClF5N4O2. The van der Waals surface area contributed by atoms with Crippen molar-refractivity contribution >= 4 is 28.5 Å². The van der Waals surface area contributed by atoms with E-state index >= 15 is 0 Å². The zero-order chi connectivity index (χ0) is 22.2. The summed E-state index contributed by atoms with van der Waals surface area (Å²) >= 11 is 5.83. The van der Waals surface area contributed by atoms with Crippen molar-refractivity contribution in [3.05, 3.63) is 63.2 Å². The van der Waals surface area contributed by atoms with E-state index in [9.17, 15) is 31.5 Å². The number of pyridine rings is 3. The lowest BCUT2D eigenvalue weighted by atomic mass is 10.1. The molecule has 158 valence electrons. The molecule has 0 aliphatic heterocycles. The fourth-order valence-electron chi connectivity index (χ4n) is 2.74. The van der Waals surface area contributed by atoms with Gasteiger partial charge < -0.3 is 5.32 Å². The van der Waals surface area contributed by atoms with Crippen molar-refractivity contribution in [3.8, 4) is 5.82 Å². The van der Waals surface area contributed by atoms with Crippen molar-refractivity contribution in [2.45, 2.75) is 25.6 Å². The summed E-state index contributed by atoms with van der Waals surface area (Å²) < 4.78 is 67.4. The van der Waals surface area contributed by atoms with E-state index < -0.39 is 53.0 Å². The van der Waals surface area contributed by atoms with E-state index in [1.807, 2.05) is 0 Å². The largest absolute Gasteiger partial charge is 0.408 e. The van der Waals surface area contributed by atoms with Gasteiger partial charge in [0.2, 0.25) is 5.43 Å². The minimum absolute atomic E-state index is 0.0847. The molecular weight excluding hydrogens is 435 g/mol. The number of hydrogen-bond donors (Lipinski definition) is 1. The molecule has 0 aliphatic rings. The highest BCUT2D eigenvalue weighted by Gasteiger charge is 2.39. The first-order valence-electron chi connectivity index (χ1n) is 8.43. The first kappa shape index (κ1) is 21.6. The van der Waals surface area contributed by atoms with Crippen molar-refractivity contribution in [2.24, 2.45) is 0 Å². The van der Waals surface area contributed by atoms with Crippen molar-refractivity contribution < 1.29 is 26.7 Å². The number of amides is 1. The quantitative estimate of drug-likeness (QED) is 0.489. The number of hydrogen-bond acceptors (Lipinski definition) is 4. The molecule has 6 nitrogen and oxygen atoms in total. The Morgan fingerprint density at radius 3 is 2.60 bits per heavy atom. The predicted molar refractivity (Wildman–Crippen MR) is 97.7 cm³/mol. The monoisotopic (exact) mass is 446 g/mol. The first-order valence-corrected chi connectivity index (χ1v) is 8.81. The Labute approximate surface area is 170 Å². The number of alkyl halides is 3. The van der Waals surface area contributed by atoms with Crippen LogP contribution in [0.5, 0.6) is 0 Å². The summed E-state index contributed by atoms with van der Waals surface area (Å²) in [6, 6.07) is 0.712. The Hall–Kier alpha value is -3.08. The number of nitrogens with one attached hydrogen (secondary N) is 1. The molecule has 0 fully saturated rings. The van der Waals surface area contributed by atoms with Crippen LogP contribution in [-0.4, -0.2) is 32.7 Å². The molecule has 0 radical (unpaired) electrons. The van der Waals surface area contributed by atoms with Crippen LogP contribution in [0.25, 0.3) is 16.9 Å². The SMILES string of the molecule is CC[C@@H](NC(=O)c1cn(-c2ncc(F)cc2F)c2nc(Cl)ccc2c1=O)C(F)(F)F. The fraction of sp³-hybridized carbons (Fsp3) is 0.222. The summed E-state index contributed by atoms with van der Waals surface area (Å²) in [6.45, 7) is 1.21. The van der Waals surface area contributed by atoms with E-state index in [0.717, 1.165) is 10.8 Å². The predicted octanol–water partition coefficient (Wildman–Crippen LogP) is 3.78. The Balaban J connectivity index is 2.24. The highest BCUT2D eigenvalue weighted by Crippen LogP contribution is 2.23. The summed E-state index contributed by atoms with van der Waals surface area (Å²) in [5.74, 6) is -4.00. The lowest BCUT2D eigenvalue weighted by Crippen LogP contribution is -2.46. The van der Waals surface area contributed by atoms with Gasteiger partial charge in [-0.25, -0.2) is 18.7 Å². The van der Waals surface area contributed by atoms with Gasteiger partial charge in [-0.05, 0) is 18.6 Å². The van der Waals surface area contributed by atoms with Crippen LogP contribution >= 0.6 is 11.6 Å². The van der Waals surface area contributed by atoms with Crippen molar-refractivity contribution in [1.82, 2.24) is 19.9 Å². The van der Waals surface area contributed by atoms with Gasteiger partial charge in [0.1, 0.15) is 22.6 Å². The molecule has 0 aromatic carbocycles. The van der Waals surface area contributed by atoms with E-state index in [0.29, 0.717) is 12.3 Å². The molecule has 0 aliphatic carbocycles. The number of fused-ring (bicyclic) bond motifs is 1. The Morgan fingerprint density at radius 1 is 1.30 bits per heavy atom. The third-order valence-corrected chi connectivity index (χ3v) is 4.40. The third kappa shape index (κ3) is 4.11. The average molecular weight is 447 g/mol. The van der Waals surface area contributed by atoms with Gasteiger partial charge in [-0.1, -0.05) is 18.5 Å². The molecule has 12 heteroatoms. The van der Waals surface area contributed by atoms with Gasteiger partial charge in [0.05, 0.1) is 11.6 Å². The van der Waals surface area contributed by atoms with Crippen LogP contribution < -0.4 is 10.7 Å². The maximum atomic E-state index is 14.3. The fourth-order valence-corrected chi connectivity index (χ4v) is 2.88.